The van der Waals surface area contributed by atoms with E-state index in [9.17, 15) is 9.59 Å². The molecular weight excluding hydrogens is 372 g/mol. The van der Waals surface area contributed by atoms with Gasteiger partial charge in [0.1, 0.15) is 22.9 Å². The number of benzene rings is 2. The number of carbonyl (C=O) groups excluding carboxylic acids is 2. The van der Waals surface area contributed by atoms with E-state index in [2.05, 4.69) is 5.32 Å². The molecule has 1 aliphatic rings. The van der Waals surface area contributed by atoms with Gasteiger partial charge in [0.05, 0.1) is 32.1 Å². The molecule has 0 spiro atoms. The van der Waals surface area contributed by atoms with E-state index in [0.717, 1.165) is 0 Å². The molecule has 1 heterocycles. The predicted octanol–water partition coefficient (Wildman–Crippen LogP) is 3.31. The molecule has 29 heavy (non-hydrogen) atoms. The molecule has 0 aliphatic carbocycles. The number of hydrogen-bond donors (Lipinski definition) is 1. The number of likely N-dealkylation sites (N-methyl/N-ethyl adjacent to an activating group) is 1. The Labute approximate surface area is 169 Å². The Morgan fingerprint density at radius 2 is 1.59 bits per heavy atom. The third-order valence-electron chi connectivity index (χ3n) is 4.60. The van der Waals surface area contributed by atoms with Crippen LogP contribution in [0.15, 0.2) is 48.2 Å². The summed E-state index contributed by atoms with van der Waals surface area (Å²) in [4.78, 5) is 27.1. The molecule has 0 unspecified atom stereocenters. The highest BCUT2D eigenvalue weighted by Crippen LogP contribution is 2.35. The highest BCUT2D eigenvalue weighted by atomic mass is 16.5. The molecule has 152 valence electrons. The van der Waals surface area contributed by atoms with Crippen molar-refractivity contribution >= 4 is 23.1 Å². The van der Waals surface area contributed by atoms with Gasteiger partial charge < -0.3 is 19.5 Å². The van der Waals surface area contributed by atoms with Gasteiger partial charge in [-0.25, -0.2) is 0 Å². The summed E-state index contributed by atoms with van der Waals surface area (Å²) in [6.07, 6.45) is 0. The van der Waals surface area contributed by atoms with Crippen LogP contribution in [-0.2, 0) is 9.59 Å². The van der Waals surface area contributed by atoms with Gasteiger partial charge in [0.15, 0.2) is 0 Å². The van der Waals surface area contributed by atoms with E-state index in [-0.39, 0.29) is 24.1 Å². The molecular formula is C22H24N2O5. The van der Waals surface area contributed by atoms with Crippen LogP contribution in [0.2, 0.25) is 0 Å². The van der Waals surface area contributed by atoms with Crippen LogP contribution in [0.1, 0.15) is 19.4 Å². The SMILES string of the molecule is CCOc1ccc(C2=C(Nc3cc(OC)ccc3OC)C(=O)N(CC)C2=O)cc1. The molecule has 2 aromatic carbocycles. The van der Waals surface area contributed by atoms with Crippen molar-refractivity contribution in [3.8, 4) is 17.2 Å². The lowest BCUT2D eigenvalue weighted by molar-refractivity contribution is -0.136. The van der Waals surface area contributed by atoms with Crippen molar-refractivity contribution < 1.29 is 23.8 Å². The summed E-state index contributed by atoms with van der Waals surface area (Å²) in [5.41, 5.74) is 1.67. The Hall–Kier alpha value is -3.48. The van der Waals surface area contributed by atoms with Crippen LogP contribution in [0.3, 0.4) is 0 Å². The summed E-state index contributed by atoms with van der Waals surface area (Å²) < 4.78 is 16.1. The number of rotatable bonds is 8. The van der Waals surface area contributed by atoms with E-state index < -0.39 is 0 Å². The largest absolute Gasteiger partial charge is 0.497 e. The number of ether oxygens (including phenoxy) is 3. The quantitative estimate of drug-likeness (QED) is 0.690. The summed E-state index contributed by atoms with van der Waals surface area (Å²) >= 11 is 0. The second kappa shape index (κ2) is 8.68. The Kier molecular flexibility index (Phi) is 6.07. The average molecular weight is 396 g/mol. The number of imide groups is 1. The first-order valence-electron chi connectivity index (χ1n) is 9.36. The zero-order valence-electron chi connectivity index (χ0n) is 16.9. The Balaban J connectivity index is 2.08. The van der Waals surface area contributed by atoms with Crippen molar-refractivity contribution in [2.45, 2.75) is 13.8 Å². The second-order valence-electron chi connectivity index (χ2n) is 6.25. The molecule has 1 aliphatic heterocycles. The number of nitrogens with zero attached hydrogens (tertiary/aromatic N) is 1. The fourth-order valence-electron chi connectivity index (χ4n) is 3.18. The molecule has 7 heteroatoms. The van der Waals surface area contributed by atoms with Crippen molar-refractivity contribution in [1.29, 1.82) is 0 Å². The maximum atomic E-state index is 13.0. The van der Waals surface area contributed by atoms with Crippen LogP contribution in [-0.4, -0.2) is 44.1 Å². The van der Waals surface area contributed by atoms with Gasteiger partial charge >= 0.3 is 0 Å². The summed E-state index contributed by atoms with van der Waals surface area (Å²) in [5.74, 6) is 1.10. The van der Waals surface area contributed by atoms with Crippen LogP contribution < -0.4 is 19.5 Å². The minimum Gasteiger partial charge on any atom is -0.497 e. The second-order valence-corrected chi connectivity index (χ2v) is 6.25. The van der Waals surface area contributed by atoms with Crippen LogP contribution in [0.5, 0.6) is 17.2 Å². The molecule has 0 saturated carbocycles. The monoisotopic (exact) mass is 396 g/mol. The third kappa shape index (κ3) is 3.89. The third-order valence-corrected chi connectivity index (χ3v) is 4.60. The van der Waals surface area contributed by atoms with Gasteiger partial charge in [-0.3, -0.25) is 14.5 Å². The number of hydrogen-bond acceptors (Lipinski definition) is 6. The zero-order valence-corrected chi connectivity index (χ0v) is 16.9. The number of amides is 2. The first-order valence-corrected chi connectivity index (χ1v) is 9.36. The van der Waals surface area contributed by atoms with Gasteiger partial charge in [-0.15, -0.1) is 0 Å². The number of methoxy groups -OCH3 is 2. The van der Waals surface area contributed by atoms with Gasteiger partial charge in [-0.1, -0.05) is 12.1 Å². The smallest absolute Gasteiger partial charge is 0.278 e. The summed E-state index contributed by atoms with van der Waals surface area (Å²) in [5, 5.41) is 3.10. The Bertz CT molecular complexity index is 950. The summed E-state index contributed by atoms with van der Waals surface area (Å²) in [6.45, 7) is 4.49. The van der Waals surface area contributed by atoms with Crippen molar-refractivity contribution in [2.75, 3.05) is 32.7 Å². The minimum atomic E-state index is -0.383. The fourth-order valence-corrected chi connectivity index (χ4v) is 3.18. The zero-order chi connectivity index (χ0) is 21.0. The lowest BCUT2D eigenvalue weighted by Gasteiger charge is -2.14. The lowest BCUT2D eigenvalue weighted by atomic mass is 10.0. The molecule has 7 nitrogen and oxygen atoms in total. The van der Waals surface area contributed by atoms with Crippen LogP contribution in [0.4, 0.5) is 5.69 Å². The molecule has 1 N–H and O–H groups in total. The molecule has 0 aromatic heterocycles. The fraction of sp³-hybridized carbons (Fsp3) is 0.273. The van der Waals surface area contributed by atoms with E-state index in [1.807, 2.05) is 6.92 Å². The molecule has 2 amide bonds. The minimum absolute atomic E-state index is 0.201. The highest BCUT2D eigenvalue weighted by molar-refractivity contribution is 6.36. The molecule has 0 fully saturated rings. The first-order chi connectivity index (χ1) is 14.0. The summed E-state index contributed by atoms with van der Waals surface area (Å²) in [7, 11) is 3.09. The topological polar surface area (TPSA) is 77.1 Å². The number of anilines is 1. The van der Waals surface area contributed by atoms with Crippen molar-refractivity contribution in [1.82, 2.24) is 4.90 Å². The molecule has 0 bridgehead atoms. The van der Waals surface area contributed by atoms with Gasteiger partial charge in [0, 0.05) is 12.6 Å². The molecule has 0 saturated heterocycles. The van der Waals surface area contributed by atoms with E-state index in [1.165, 1.54) is 12.0 Å². The lowest BCUT2D eigenvalue weighted by Crippen LogP contribution is -2.32. The van der Waals surface area contributed by atoms with Crippen LogP contribution in [0.25, 0.3) is 5.57 Å². The van der Waals surface area contributed by atoms with Crippen LogP contribution in [0, 0.1) is 0 Å². The van der Waals surface area contributed by atoms with Crippen molar-refractivity contribution in [3.63, 3.8) is 0 Å². The van der Waals surface area contributed by atoms with Gasteiger partial charge in [0.2, 0.25) is 0 Å². The molecule has 3 rings (SSSR count). The van der Waals surface area contributed by atoms with Crippen LogP contribution >= 0.6 is 0 Å². The first kappa shape index (κ1) is 20.3. The predicted molar refractivity (Wildman–Crippen MR) is 110 cm³/mol. The molecule has 0 atom stereocenters. The maximum Gasteiger partial charge on any atom is 0.278 e. The van der Waals surface area contributed by atoms with E-state index >= 15 is 0 Å². The highest BCUT2D eigenvalue weighted by Gasteiger charge is 2.38. The van der Waals surface area contributed by atoms with E-state index in [1.54, 1.807) is 56.5 Å². The van der Waals surface area contributed by atoms with Gasteiger partial charge in [0.25, 0.3) is 11.8 Å². The van der Waals surface area contributed by atoms with E-state index in [0.29, 0.717) is 40.7 Å². The maximum absolute atomic E-state index is 13.0. The normalized spacial score (nSPS) is 13.7. The number of nitrogens with one attached hydrogen (secondary N) is 1. The number of carbonyl (C=O) groups is 2. The molecule has 2 aromatic rings. The molecule has 0 radical (unpaired) electrons. The summed E-state index contributed by atoms with van der Waals surface area (Å²) in [6, 6.07) is 12.3. The Morgan fingerprint density at radius 1 is 0.897 bits per heavy atom. The standard InChI is InChI=1S/C22H24N2O5/c1-5-24-21(25)19(14-7-9-15(10-8-14)29-6-2)20(22(24)26)23-17-13-16(27-3)11-12-18(17)28-4/h7-13,23H,5-6H2,1-4H3. The van der Waals surface area contributed by atoms with E-state index in [4.69, 9.17) is 14.2 Å². The Morgan fingerprint density at radius 3 is 2.17 bits per heavy atom. The van der Waals surface area contributed by atoms with Crippen molar-refractivity contribution in [2.24, 2.45) is 0 Å². The average Bonchev–Trinajstić information content (AvgIpc) is 2.97. The van der Waals surface area contributed by atoms with Gasteiger partial charge in [-0.2, -0.15) is 0 Å². The van der Waals surface area contributed by atoms with Crippen molar-refractivity contribution in [3.05, 3.63) is 53.7 Å². The van der Waals surface area contributed by atoms with Gasteiger partial charge in [-0.05, 0) is 43.7 Å².